The lowest BCUT2D eigenvalue weighted by molar-refractivity contribution is -0.117. The van der Waals surface area contributed by atoms with Crippen molar-refractivity contribution in [3.63, 3.8) is 0 Å². The van der Waals surface area contributed by atoms with Crippen molar-refractivity contribution in [2.75, 3.05) is 17.7 Å². The molecule has 0 aliphatic rings. The number of thiol groups is 1. The zero-order valence-corrected chi connectivity index (χ0v) is 9.37. The van der Waals surface area contributed by atoms with E-state index in [0.29, 0.717) is 17.7 Å². The molecule has 0 saturated heterocycles. The Balaban J connectivity index is 2.87. The summed E-state index contributed by atoms with van der Waals surface area (Å²) in [6.45, 7) is 0. The van der Waals surface area contributed by atoms with Crippen molar-refractivity contribution in [2.45, 2.75) is 6.42 Å². The normalized spacial score (nSPS) is 9.40. The molecule has 0 spiro atoms. The number of nitriles is 1. The third-order valence-corrected chi connectivity index (χ3v) is 2.29. The molecule has 0 saturated carbocycles. The largest absolute Gasteiger partial charge is 0.315 e. The SMILES string of the molecule is CN(C(=O)CCS)c1cccc(C#N)c1. The van der Waals surface area contributed by atoms with Gasteiger partial charge in [-0.3, -0.25) is 4.79 Å². The Labute approximate surface area is 94.7 Å². The molecule has 0 aliphatic carbocycles. The molecular formula is C11H12N2OS. The van der Waals surface area contributed by atoms with Gasteiger partial charge in [-0.05, 0) is 24.0 Å². The number of carbonyl (C=O) groups excluding carboxylic acids is 1. The smallest absolute Gasteiger partial charge is 0.227 e. The topological polar surface area (TPSA) is 44.1 Å². The Morgan fingerprint density at radius 3 is 2.93 bits per heavy atom. The summed E-state index contributed by atoms with van der Waals surface area (Å²) >= 11 is 4.01. The van der Waals surface area contributed by atoms with Crippen molar-refractivity contribution in [2.24, 2.45) is 0 Å². The van der Waals surface area contributed by atoms with Gasteiger partial charge in [0.1, 0.15) is 0 Å². The minimum Gasteiger partial charge on any atom is -0.315 e. The van der Waals surface area contributed by atoms with Crippen LogP contribution in [0.5, 0.6) is 0 Å². The van der Waals surface area contributed by atoms with Crippen LogP contribution in [0.2, 0.25) is 0 Å². The first-order valence-corrected chi connectivity index (χ1v) is 5.20. The molecule has 1 aromatic rings. The molecule has 1 aromatic carbocycles. The van der Waals surface area contributed by atoms with Crippen LogP contribution in [0.25, 0.3) is 0 Å². The zero-order chi connectivity index (χ0) is 11.3. The fourth-order valence-corrected chi connectivity index (χ4v) is 1.38. The van der Waals surface area contributed by atoms with Crippen molar-refractivity contribution in [3.05, 3.63) is 29.8 Å². The van der Waals surface area contributed by atoms with E-state index in [1.807, 2.05) is 6.07 Å². The Kier molecular flexibility index (Phi) is 4.19. The van der Waals surface area contributed by atoms with Crippen LogP contribution >= 0.6 is 12.6 Å². The van der Waals surface area contributed by atoms with Crippen LogP contribution in [0.1, 0.15) is 12.0 Å². The first kappa shape index (κ1) is 11.6. The molecule has 0 atom stereocenters. The van der Waals surface area contributed by atoms with Gasteiger partial charge in [0.15, 0.2) is 0 Å². The highest BCUT2D eigenvalue weighted by atomic mass is 32.1. The summed E-state index contributed by atoms with van der Waals surface area (Å²) in [5, 5.41) is 8.72. The maximum absolute atomic E-state index is 11.5. The number of nitrogens with zero attached hydrogens (tertiary/aromatic N) is 2. The van der Waals surface area contributed by atoms with Crippen LogP contribution in [0.4, 0.5) is 5.69 Å². The van der Waals surface area contributed by atoms with Crippen LogP contribution in [0.3, 0.4) is 0 Å². The molecule has 0 unspecified atom stereocenters. The first-order valence-electron chi connectivity index (χ1n) is 4.56. The highest BCUT2D eigenvalue weighted by Crippen LogP contribution is 2.15. The molecule has 0 N–H and O–H groups in total. The summed E-state index contributed by atoms with van der Waals surface area (Å²) in [5.41, 5.74) is 1.29. The Morgan fingerprint density at radius 2 is 2.33 bits per heavy atom. The Hall–Kier alpha value is -1.47. The average Bonchev–Trinajstić information content (AvgIpc) is 2.28. The predicted molar refractivity (Wildman–Crippen MR) is 63.0 cm³/mol. The van der Waals surface area contributed by atoms with Crippen LogP contribution < -0.4 is 4.90 Å². The first-order chi connectivity index (χ1) is 7.19. The lowest BCUT2D eigenvalue weighted by Crippen LogP contribution is -2.26. The number of hydrogen-bond acceptors (Lipinski definition) is 3. The molecule has 0 aliphatic heterocycles. The number of benzene rings is 1. The Morgan fingerprint density at radius 1 is 1.60 bits per heavy atom. The minimum atomic E-state index is 0.0000831. The second kappa shape index (κ2) is 5.42. The fourth-order valence-electron chi connectivity index (χ4n) is 1.19. The second-order valence-corrected chi connectivity index (χ2v) is 3.54. The van der Waals surface area contributed by atoms with Crippen molar-refractivity contribution in [1.29, 1.82) is 5.26 Å². The molecule has 0 fully saturated rings. The van der Waals surface area contributed by atoms with Gasteiger partial charge in [0, 0.05) is 19.2 Å². The average molecular weight is 220 g/mol. The van der Waals surface area contributed by atoms with Gasteiger partial charge in [-0.25, -0.2) is 0 Å². The van der Waals surface area contributed by atoms with E-state index in [0.717, 1.165) is 5.69 Å². The van der Waals surface area contributed by atoms with E-state index >= 15 is 0 Å². The van der Waals surface area contributed by atoms with Crippen molar-refractivity contribution < 1.29 is 4.79 Å². The molecule has 3 nitrogen and oxygen atoms in total. The zero-order valence-electron chi connectivity index (χ0n) is 8.47. The van der Waals surface area contributed by atoms with E-state index in [2.05, 4.69) is 12.6 Å². The highest BCUT2D eigenvalue weighted by molar-refractivity contribution is 7.80. The third-order valence-electron chi connectivity index (χ3n) is 2.06. The van der Waals surface area contributed by atoms with E-state index < -0.39 is 0 Å². The lowest BCUT2D eigenvalue weighted by atomic mass is 10.2. The van der Waals surface area contributed by atoms with E-state index in [9.17, 15) is 4.79 Å². The fraction of sp³-hybridized carbons (Fsp3) is 0.273. The van der Waals surface area contributed by atoms with E-state index in [4.69, 9.17) is 5.26 Å². The van der Waals surface area contributed by atoms with Crippen LogP contribution in [0.15, 0.2) is 24.3 Å². The van der Waals surface area contributed by atoms with Gasteiger partial charge in [-0.2, -0.15) is 17.9 Å². The molecule has 0 bridgehead atoms. The van der Waals surface area contributed by atoms with Gasteiger partial charge in [-0.15, -0.1) is 0 Å². The lowest BCUT2D eigenvalue weighted by Gasteiger charge is -2.16. The van der Waals surface area contributed by atoms with Gasteiger partial charge in [0.05, 0.1) is 11.6 Å². The number of carbonyl (C=O) groups is 1. The predicted octanol–water partition coefficient (Wildman–Crippen LogP) is 1.84. The molecule has 15 heavy (non-hydrogen) atoms. The van der Waals surface area contributed by atoms with Crippen molar-refractivity contribution >= 4 is 24.2 Å². The Bertz CT molecular complexity index is 398. The summed E-state index contributed by atoms with van der Waals surface area (Å²) in [6, 6.07) is 9.00. The second-order valence-electron chi connectivity index (χ2n) is 3.09. The molecule has 0 aromatic heterocycles. The van der Waals surface area contributed by atoms with E-state index in [-0.39, 0.29) is 5.91 Å². The van der Waals surface area contributed by atoms with Crippen molar-refractivity contribution in [3.8, 4) is 6.07 Å². The summed E-state index contributed by atoms with van der Waals surface area (Å²) in [4.78, 5) is 13.1. The monoisotopic (exact) mass is 220 g/mol. The molecule has 0 radical (unpaired) electrons. The van der Waals surface area contributed by atoms with E-state index in [1.165, 1.54) is 4.90 Å². The molecule has 0 heterocycles. The summed E-state index contributed by atoms with van der Waals surface area (Å²) in [6.07, 6.45) is 0.399. The molecule has 78 valence electrons. The molecular weight excluding hydrogens is 208 g/mol. The summed E-state index contributed by atoms with van der Waals surface area (Å²) in [5.74, 6) is 0.529. The van der Waals surface area contributed by atoms with Crippen LogP contribution in [-0.2, 0) is 4.79 Å². The van der Waals surface area contributed by atoms with Crippen LogP contribution in [-0.4, -0.2) is 18.7 Å². The minimum absolute atomic E-state index is 0.0000831. The van der Waals surface area contributed by atoms with Gasteiger partial charge >= 0.3 is 0 Å². The molecule has 4 heteroatoms. The standard InChI is InChI=1S/C11H12N2OS/c1-13(11(14)5-6-15)10-4-2-3-9(7-10)8-12/h2-4,7,15H,5-6H2,1H3. The van der Waals surface area contributed by atoms with Gasteiger partial charge in [0.2, 0.25) is 5.91 Å². The molecule has 1 amide bonds. The summed E-state index contributed by atoms with van der Waals surface area (Å²) in [7, 11) is 1.70. The van der Waals surface area contributed by atoms with Crippen LogP contribution in [0, 0.1) is 11.3 Å². The van der Waals surface area contributed by atoms with Crippen molar-refractivity contribution in [1.82, 2.24) is 0 Å². The quantitative estimate of drug-likeness (QED) is 0.790. The maximum Gasteiger partial charge on any atom is 0.227 e. The highest BCUT2D eigenvalue weighted by Gasteiger charge is 2.09. The van der Waals surface area contributed by atoms with E-state index in [1.54, 1.807) is 31.3 Å². The van der Waals surface area contributed by atoms with Gasteiger partial charge in [0.25, 0.3) is 0 Å². The number of rotatable bonds is 3. The summed E-state index contributed by atoms with van der Waals surface area (Å²) < 4.78 is 0. The number of anilines is 1. The third kappa shape index (κ3) is 3.00. The number of hydrogen-bond donors (Lipinski definition) is 1. The van der Waals surface area contributed by atoms with Gasteiger partial charge in [-0.1, -0.05) is 6.07 Å². The van der Waals surface area contributed by atoms with Gasteiger partial charge < -0.3 is 4.90 Å². The molecule has 1 rings (SSSR count). The maximum atomic E-state index is 11.5. The number of amides is 1.